The Morgan fingerprint density at radius 1 is 1.35 bits per heavy atom. The molecule has 0 amide bonds. The number of nitrogens with zero attached hydrogens (tertiary/aromatic N) is 1. The molecule has 0 unspecified atom stereocenters. The van der Waals surface area contributed by atoms with Crippen LogP contribution >= 0.6 is 0 Å². The molecule has 94 valence electrons. The lowest BCUT2D eigenvalue weighted by molar-refractivity contribution is 0.552. The summed E-state index contributed by atoms with van der Waals surface area (Å²) in [4.78, 5) is 4.06. The second kappa shape index (κ2) is 4.99. The Bertz CT molecular complexity index is 483. The van der Waals surface area contributed by atoms with Gasteiger partial charge in [-0.1, -0.05) is 12.8 Å². The Hall–Kier alpha value is -1.18. The molecular formula is C10H16N4O2S. The lowest BCUT2D eigenvalue weighted by atomic mass is 10.3. The lowest BCUT2D eigenvalue weighted by Crippen LogP contribution is -2.32. The summed E-state index contributed by atoms with van der Waals surface area (Å²) >= 11 is 0. The molecule has 1 aliphatic carbocycles. The molecule has 0 saturated heterocycles. The van der Waals surface area contributed by atoms with Gasteiger partial charge >= 0.3 is 0 Å². The minimum absolute atomic E-state index is 0.0578. The summed E-state index contributed by atoms with van der Waals surface area (Å²) < 4.78 is 26.8. The number of nitrogens with one attached hydrogen (secondary N) is 2. The Labute approximate surface area is 101 Å². The molecule has 1 saturated carbocycles. The Morgan fingerprint density at radius 2 is 2.06 bits per heavy atom. The van der Waals surface area contributed by atoms with Crippen molar-refractivity contribution in [2.75, 3.05) is 5.43 Å². The van der Waals surface area contributed by atoms with Crippen LogP contribution in [-0.4, -0.2) is 19.4 Å². The average Bonchev–Trinajstić information content (AvgIpc) is 2.81. The third-order valence-electron chi connectivity index (χ3n) is 2.87. The minimum Gasteiger partial charge on any atom is -0.308 e. The second-order valence-electron chi connectivity index (χ2n) is 4.12. The van der Waals surface area contributed by atoms with E-state index in [4.69, 9.17) is 5.84 Å². The van der Waals surface area contributed by atoms with Crippen molar-refractivity contribution in [1.82, 2.24) is 9.71 Å². The fraction of sp³-hybridized carbons (Fsp3) is 0.500. The molecule has 1 aliphatic rings. The van der Waals surface area contributed by atoms with E-state index in [2.05, 4.69) is 15.1 Å². The molecule has 1 aromatic rings. The van der Waals surface area contributed by atoms with Gasteiger partial charge in [0, 0.05) is 18.3 Å². The van der Waals surface area contributed by atoms with Crippen LogP contribution in [0, 0.1) is 0 Å². The van der Waals surface area contributed by atoms with Crippen LogP contribution in [0.4, 0.5) is 5.82 Å². The van der Waals surface area contributed by atoms with Crippen LogP contribution in [0.2, 0.25) is 0 Å². The molecule has 0 bridgehead atoms. The van der Waals surface area contributed by atoms with Crippen molar-refractivity contribution in [1.29, 1.82) is 0 Å². The molecule has 0 atom stereocenters. The van der Waals surface area contributed by atoms with Gasteiger partial charge in [0.25, 0.3) is 0 Å². The van der Waals surface area contributed by atoms with Crippen LogP contribution in [0.1, 0.15) is 25.7 Å². The second-order valence-corrected chi connectivity index (χ2v) is 5.84. The fourth-order valence-electron chi connectivity index (χ4n) is 1.99. The summed E-state index contributed by atoms with van der Waals surface area (Å²) in [6, 6.07) is 2.93. The van der Waals surface area contributed by atoms with Crippen molar-refractivity contribution in [3.63, 3.8) is 0 Å². The number of hydrazine groups is 1. The normalized spacial score (nSPS) is 17.2. The highest BCUT2D eigenvalue weighted by Crippen LogP contribution is 2.20. The summed E-state index contributed by atoms with van der Waals surface area (Å²) in [7, 11) is -3.46. The number of nitrogens with two attached hydrogens (primary N) is 1. The van der Waals surface area contributed by atoms with Crippen LogP contribution < -0.4 is 16.0 Å². The highest BCUT2D eigenvalue weighted by Gasteiger charge is 2.23. The van der Waals surface area contributed by atoms with Crippen LogP contribution in [-0.2, 0) is 10.0 Å². The zero-order chi connectivity index (χ0) is 12.3. The van der Waals surface area contributed by atoms with Gasteiger partial charge in [-0.2, -0.15) is 0 Å². The van der Waals surface area contributed by atoms with Crippen molar-refractivity contribution in [2.24, 2.45) is 5.84 Å². The average molecular weight is 256 g/mol. The Balaban J connectivity index is 2.18. The maximum Gasteiger partial charge on any atom is 0.241 e. The SMILES string of the molecule is NNc1cc(S(=O)(=O)NC2CCCC2)ccn1. The molecule has 0 spiro atoms. The van der Waals surface area contributed by atoms with E-state index in [0.717, 1.165) is 25.7 Å². The van der Waals surface area contributed by atoms with E-state index in [-0.39, 0.29) is 10.9 Å². The number of aromatic nitrogens is 1. The molecular weight excluding hydrogens is 240 g/mol. The maximum atomic E-state index is 12.0. The predicted molar refractivity (Wildman–Crippen MR) is 64.6 cm³/mol. The zero-order valence-electron chi connectivity index (χ0n) is 9.39. The van der Waals surface area contributed by atoms with E-state index in [9.17, 15) is 8.42 Å². The van der Waals surface area contributed by atoms with Gasteiger partial charge in [-0.3, -0.25) is 0 Å². The summed E-state index contributed by atoms with van der Waals surface area (Å²) in [6.45, 7) is 0. The molecule has 2 rings (SSSR count). The van der Waals surface area contributed by atoms with E-state index < -0.39 is 10.0 Å². The number of anilines is 1. The van der Waals surface area contributed by atoms with Crippen molar-refractivity contribution in [3.05, 3.63) is 18.3 Å². The molecule has 0 aliphatic heterocycles. The highest BCUT2D eigenvalue weighted by atomic mass is 32.2. The molecule has 0 radical (unpaired) electrons. The first kappa shape index (κ1) is 12.3. The molecule has 1 fully saturated rings. The van der Waals surface area contributed by atoms with Crippen LogP contribution in [0.15, 0.2) is 23.2 Å². The number of hydrogen-bond acceptors (Lipinski definition) is 5. The first-order chi connectivity index (χ1) is 8.12. The van der Waals surface area contributed by atoms with Crippen molar-refractivity contribution in [3.8, 4) is 0 Å². The topological polar surface area (TPSA) is 97.1 Å². The van der Waals surface area contributed by atoms with Gasteiger partial charge in [-0.25, -0.2) is 24.0 Å². The van der Waals surface area contributed by atoms with Gasteiger partial charge in [0.1, 0.15) is 5.82 Å². The molecule has 6 nitrogen and oxygen atoms in total. The summed E-state index contributed by atoms with van der Waals surface area (Å²) in [5.41, 5.74) is 2.33. The molecule has 4 N–H and O–H groups in total. The summed E-state index contributed by atoms with van der Waals surface area (Å²) in [5.74, 6) is 5.53. The first-order valence-corrected chi connectivity index (χ1v) is 7.05. The standard InChI is InChI=1S/C10H16N4O2S/c11-13-10-7-9(5-6-12-10)17(15,16)14-8-3-1-2-4-8/h5-8,14H,1-4,11H2,(H,12,13). The van der Waals surface area contributed by atoms with Crippen molar-refractivity contribution >= 4 is 15.8 Å². The van der Waals surface area contributed by atoms with Gasteiger partial charge in [-0.15, -0.1) is 0 Å². The predicted octanol–water partition coefficient (Wildman–Crippen LogP) is 0.588. The van der Waals surface area contributed by atoms with E-state index in [1.165, 1.54) is 18.3 Å². The molecule has 17 heavy (non-hydrogen) atoms. The third kappa shape index (κ3) is 2.93. The minimum atomic E-state index is -3.46. The number of nitrogen functional groups attached to an aromatic ring is 1. The van der Waals surface area contributed by atoms with Gasteiger partial charge in [0.05, 0.1) is 4.90 Å². The van der Waals surface area contributed by atoms with E-state index in [1.54, 1.807) is 0 Å². The highest BCUT2D eigenvalue weighted by molar-refractivity contribution is 7.89. The summed E-state index contributed by atoms with van der Waals surface area (Å²) in [5, 5.41) is 0. The maximum absolute atomic E-state index is 12.0. The van der Waals surface area contributed by atoms with Crippen molar-refractivity contribution < 1.29 is 8.42 Å². The summed E-state index contributed by atoms with van der Waals surface area (Å²) in [6.07, 6.45) is 5.40. The van der Waals surface area contributed by atoms with Crippen LogP contribution in [0.5, 0.6) is 0 Å². The van der Waals surface area contributed by atoms with Crippen LogP contribution in [0.3, 0.4) is 0 Å². The molecule has 1 heterocycles. The first-order valence-electron chi connectivity index (χ1n) is 5.57. The van der Waals surface area contributed by atoms with E-state index >= 15 is 0 Å². The van der Waals surface area contributed by atoms with Crippen molar-refractivity contribution in [2.45, 2.75) is 36.6 Å². The molecule has 1 aromatic heterocycles. The van der Waals surface area contributed by atoms with Gasteiger partial charge < -0.3 is 5.43 Å². The number of rotatable bonds is 4. The van der Waals surface area contributed by atoms with Gasteiger partial charge in [-0.05, 0) is 18.9 Å². The fourth-order valence-corrected chi connectivity index (χ4v) is 3.31. The Kier molecular flexibility index (Phi) is 3.60. The third-order valence-corrected chi connectivity index (χ3v) is 4.38. The number of pyridine rings is 1. The zero-order valence-corrected chi connectivity index (χ0v) is 10.2. The van der Waals surface area contributed by atoms with Gasteiger partial charge in [0.15, 0.2) is 0 Å². The van der Waals surface area contributed by atoms with E-state index in [1.807, 2.05) is 0 Å². The number of hydrogen-bond donors (Lipinski definition) is 3. The Morgan fingerprint density at radius 3 is 2.71 bits per heavy atom. The monoisotopic (exact) mass is 256 g/mol. The smallest absolute Gasteiger partial charge is 0.241 e. The van der Waals surface area contributed by atoms with Gasteiger partial charge in [0.2, 0.25) is 10.0 Å². The molecule has 7 heteroatoms. The lowest BCUT2D eigenvalue weighted by Gasteiger charge is -2.12. The molecule has 0 aromatic carbocycles. The number of sulfonamides is 1. The quantitative estimate of drug-likeness (QED) is 0.541. The van der Waals surface area contributed by atoms with Crippen LogP contribution in [0.25, 0.3) is 0 Å². The van der Waals surface area contributed by atoms with E-state index in [0.29, 0.717) is 5.82 Å². The largest absolute Gasteiger partial charge is 0.308 e.